The van der Waals surface area contributed by atoms with Crippen LogP contribution in [0, 0.1) is 54.3 Å². The molecule has 143 heavy (non-hydrogen) atoms. The third kappa shape index (κ3) is 46.1. The van der Waals surface area contributed by atoms with Crippen LogP contribution in [0.5, 0.6) is 11.5 Å². The molecule has 12 aromatic carbocycles. The van der Waals surface area contributed by atoms with Crippen LogP contribution in [0.2, 0.25) is 5.02 Å². The molecule has 0 fully saturated rings. The Hall–Kier alpha value is -15.4. The molecular weight excluding hydrogens is 1860 g/mol. The Balaban J connectivity index is 0.000000262. The van der Waals surface area contributed by atoms with Crippen LogP contribution in [-0.4, -0.2) is 120 Å². The lowest BCUT2D eigenvalue weighted by atomic mass is 9.92. The number of rotatable bonds is 47. The highest BCUT2D eigenvalue weighted by Crippen LogP contribution is 2.30. The molecule has 0 saturated carbocycles. The van der Waals surface area contributed by atoms with Gasteiger partial charge < -0.3 is 45.6 Å². The highest BCUT2D eigenvalue weighted by atomic mass is 35.5. The number of aliphatic carboxylic acids is 6. The number of hydrogen-bond acceptors (Lipinski definition) is 16. The van der Waals surface area contributed by atoms with E-state index in [-0.39, 0.29) is 135 Å². The summed E-state index contributed by atoms with van der Waals surface area (Å²) in [6.45, 7) is 5.34. The first-order valence-corrected chi connectivity index (χ1v) is 46.3. The van der Waals surface area contributed by atoms with Gasteiger partial charge in [0.1, 0.15) is 46.2 Å². The van der Waals surface area contributed by atoms with Crippen LogP contribution in [0.3, 0.4) is 0 Å². The molecule has 750 valence electrons. The van der Waals surface area contributed by atoms with Gasteiger partial charge in [-0.15, -0.1) is 0 Å². The predicted molar refractivity (Wildman–Crippen MR) is 534 cm³/mol. The van der Waals surface area contributed by atoms with E-state index in [1.54, 1.807) is 54.8 Å². The third-order valence-electron chi connectivity index (χ3n) is 22.6. The van der Waals surface area contributed by atoms with E-state index < -0.39 is 83.4 Å². The second-order valence-corrected chi connectivity index (χ2v) is 35.1. The molecule has 28 heteroatoms. The van der Waals surface area contributed by atoms with Gasteiger partial charge in [-0.3, -0.25) is 57.5 Å². The van der Waals surface area contributed by atoms with Crippen molar-refractivity contribution >= 4 is 87.8 Å². The molecule has 0 aliphatic rings. The van der Waals surface area contributed by atoms with E-state index in [9.17, 15) is 111 Å². The van der Waals surface area contributed by atoms with Crippen LogP contribution in [-0.2, 0) is 141 Å². The number of benzene rings is 12. The van der Waals surface area contributed by atoms with Gasteiger partial charge in [0.2, 0.25) is 0 Å². The van der Waals surface area contributed by atoms with Crippen molar-refractivity contribution in [3.8, 4) is 11.5 Å². The van der Waals surface area contributed by atoms with Crippen molar-refractivity contribution in [2.24, 2.45) is 35.5 Å². The number of hydrogen-bond donors (Lipinski definition) is 7. The number of aryl methyl sites for hydroxylation is 2. The predicted octanol–water partition coefficient (Wildman–Crippen LogP) is 20.5. The Kier molecular flexibility index (Phi) is 49.3. The van der Waals surface area contributed by atoms with E-state index in [0.29, 0.717) is 60.9 Å². The van der Waals surface area contributed by atoms with Crippen molar-refractivity contribution in [2.45, 2.75) is 155 Å². The SMILES string of the molecule is CC(F)(F)Oc1ccc(CC(=O)CC(Cc2ccccc2)C(=O)O)cc1.CC(F)(F)c1ccc(CC(=O)CC(Cc2ccccc2)C(=O)O)cc1.COc1ccc(CC(=O)CC(Cc2ccccc2)C(=O)O)cc1.Cc1ccc(CC(=O)CC(Cc2ccccc2)C(=O)O)cc1.Cc1ccc(CC(=O)CC(Cc2ccccc2)C(=O)O)cc1Cl.O=[NH+]c1ccc(CC(=O)CC(Cc2ccccc2)C(=O)O)cc1.[OH-]. The second-order valence-electron chi connectivity index (χ2n) is 34.7. The Bertz CT molecular complexity index is 6040. The number of carboxylic acids is 6. The summed E-state index contributed by atoms with van der Waals surface area (Å²) in [6.07, 6.45) is -0.348. The van der Waals surface area contributed by atoms with Gasteiger partial charge in [-0.25, -0.2) is 8.78 Å². The summed E-state index contributed by atoms with van der Waals surface area (Å²) in [5.74, 6) is -13.1. The number of nitrogens with one attached hydrogen (secondary N) is 1. The average Bonchev–Trinajstić information content (AvgIpc) is 0.850. The topological polar surface area (TPSA) is 406 Å². The van der Waals surface area contributed by atoms with Gasteiger partial charge in [-0.1, -0.05) is 296 Å². The van der Waals surface area contributed by atoms with Gasteiger partial charge in [0.05, 0.1) is 42.6 Å². The van der Waals surface area contributed by atoms with Crippen molar-refractivity contribution in [1.29, 1.82) is 0 Å². The number of alkyl halides is 4. The molecule has 0 radical (unpaired) electrons. The molecule has 12 rings (SSSR count). The van der Waals surface area contributed by atoms with Crippen LogP contribution >= 0.6 is 11.6 Å². The van der Waals surface area contributed by atoms with Gasteiger partial charge >= 0.3 is 41.9 Å². The van der Waals surface area contributed by atoms with Crippen molar-refractivity contribution in [3.63, 3.8) is 0 Å². The molecule has 23 nitrogen and oxygen atoms in total. The zero-order valence-corrected chi connectivity index (χ0v) is 80.7. The van der Waals surface area contributed by atoms with E-state index in [4.69, 9.17) is 16.3 Å². The van der Waals surface area contributed by atoms with E-state index >= 15 is 0 Å². The highest BCUT2D eigenvalue weighted by molar-refractivity contribution is 6.31. The lowest BCUT2D eigenvalue weighted by Gasteiger charge is -2.13. The van der Waals surface area contributed by atoms with Crippen LogP contribution in [0.15, 0.2) is 322 Å². The summed E-state index contributed by atoms with van der Waals surface area (Å²) in [5.41, 5.74) is 12.4. The first kappa shape index (κ1) is 116. The first-order valence-electron chi connectivity index (χ1n) is 45.9. The Morgan fingerprint density at radius 2 is 0.517 bits per heavy atom. The maximum atomic E-state index is 13.2. The molecular formula is C115H118ClF4NO22. The molecule has 0 aliphatic carbocycles. The quantitative estimate of drug-likeness (QED) is 0.0174. The fourth-order valence-electron chi connectivity index (χ4n) is 15.0. The van der Waals surface area contributed by atoms with E-state index in [1.807, 2.05) is 244 Å². The molecule has 0 spiro atoms. The second kappa shape index (κ2) is 60.6. The monoisotopic (exact) mass is 1980 g/mol. The van der Waals surface area contributed by atoms with Gasteiger partial charge in [0, 0.05) is 124 Å². The summed E-state index contributed by atoms with van der Waals surface area (Å²) < 4.78 is 61.4. The van der Waals surface area contributed by atoms with E-state index in [1.165, 1.54) is 48.5 Å². The molecule has 6 atom stereocenters. The number of halogens is 5. The summed E-state index contributed by atoms with van der Waals surface area (Å²) in [5, 5.41) is 58.4. The van der Waals surface area contributed by atoms with Crippen LogP contribution in [0.1, 0.15) is 136 Å². The fraction of sp³-hybridized carbons (Fsp3) is 0.270. The Morgan fingerprint density at radius 3 is 0.734 bits per heavy atom. The molecule has 0 aliphatic heterocycles. The molecule has 0 heterocycles. The number of ketones is 6. The van der Waals surface area contributed by atoms with Crippen LogP contribution < -0.4 is 14.7 Å². The molecule has 0 saturated heterocycles. The molecule has 0 aromatic heterocycles. The number of ether oxygens (including phenoxy) is 2. The smallest absolute Gasteiger partial charge is 0.394 e. The Labute approximate surface area is 833 Å². The summed E-state index contributed by atoms with van der Waals surface area (Å²) in [4.78, 5) is 152. The lowest BCUT2D eigenvalue weighted by Crippen LogP contribution is -2.55. The van der Waals surface area contributed by atoms with Gasteiger partial charge in [-0.05, 0) is 155 Å². The minimum atomic E-state index is -3.27. The van der Waals surface area contributed by atoms with Crippen molar-refractivity contribution < 1.29 is 126 Å². The van der Waals surface area contributed by atoms with Gasteiger partial charge in [0.15, 0.2) is 0 Å². The number of Topliss-reactive ketones (excluding diaryl/α,β-unsaturated/α-hetero) is 6. The highest BCUT2D eigenvalue weighted by Gasteiger charge is 2.30. The number of methoxy groups -OCH3 is 1. The van der Waals surface area contributed by atoms with E-state index in [2.05, 4.69) is 4.74 Å². The molecule has 0 amide bonds. The number of carboxylic acid groups (broad SMARTS) is 6. The minimum absolute atomic E-state index is 0. The van der Waals surface area contributed by atoms with Crippen molar-refractivity contribution in [2.75, 3.05) is 7.11 Å². The summed E-state index contributed by atoms with van der Waals surface area (Å²) in [7, 11) is 1.58. The maximum Gasteiger partial charge on any atom is 0.394 e. The molecule has 12 aromatic rings. The first-order chi connectivity index (χ1) is 67.6. The van der Waals surface area contributed by atoms with Gasteiger partial charge in [0.25, 0.3) is 11.6 Å². The van der Waals surface area contributed by atoms with Gasteiger partial charge in [-0.2, -0.15) is 8.78 Å². The van der Waals surface area contributed by atoms with Crippen LogP contribution in [0.25, 0.3) is 0 Å². The average molecular weight is 1980 g/mol. The molecule has 0 bridgehead atoms. The van der Waals surface area contributed by atoms with Crippen molar-refractivity contribution in [3.05, 3.63) is 415 Å². The standard InChI is InChI=1S/C20H20F2O4.C20H20F2O3.C19H19ClO3.C19H20O4.C19H20O3.C18H17NO4.H2O/c1-20(21,22)26-18-9-7-15(8-10-18)12-17(23)13-16(19(24)25)11-14-5-3-2-4-6-14;1-20(21,22)17-9-7-15(8-10-17)12-18(23)13-16(19(24)25)11-14-5-3-2-4-6-14;1-13-7-8-15(11-18(13)20)10-17(21)12-16(19(22)23)9-14-5-3-2-4-6-14;1-23-18-9-7-15(8-10-18)12-17(20)13-16(19(21)22)11-14-5-3-2-4-6-14;1-14-7-9-16(10-8-14)12-18(20)13-17(19(21)22)11-15-5-3-2-4-6-15;20-17(11-14-6-8-16(19-23)9-7-14)12-15(18(21)22)10-13-4-2-1-3-5-13;/h2-10,16H,11-13H2,1H3,(H,24,25);2-10,16H,11-13H2,1H3,(H,24,25);2-8,11,16H,9-10,12H2,1H3,(H,22,23);2-10,16H,11-13H2,1H3,(H,21,22);2-10,17H,11-13H2,1H3,(H,21,22);1-9,15H,10-12H2,(H,21,22);1H2. The van der Waals surface area contributed by atoms with E-state index in [0.717, 1.165) is 79.4 Å². The maximum absolute atomic E-state index is 13.2. The molecule has 6 unspecified atom stereocenters. The van der Waals surface area contributed by atoms with Crippen molar-refractivity contribution in [1.82, 2.24) is 0 Å². The minimum Gasteiger partial charge on any atom is -0.870 e. The zero-order chi connectivity index (χ0) is 104. The number of carbonyl (C=O) groups is 12. The van der Waals surface area contributed by atoms with Crippen LogP contribution in [0.4, 0.5) is 23.2 Å². The number of carbonyl (C=O) groups excluding carboxylic acids is 6. The summed E-state index contributed by atoms with van der Waals surface area (Å²) >= 11 is 6.06. The fourth-order valence-corrected chi connectivity index (χ4v) is 15.2. The largest absolute Gasteiger partial charge is 0.870 e. The number of nitroso groups, excluding NO2 is 1. The zero-order valence-electron chi connectivity index (χ0n) is 79.9. The Morgan fingerprint density at radius 1 is 0.301 bits per heavy atom. The normalized spacial score (nSPS) is 12.0. The summed E-state index contributed by atoms with van der Waals surface area (Å²) in [6, 6.07) is 94.0. The lowest BCUT2D eigenvalue weighted by molar-refractivity contribution is -0.379. The third-order valence-corrected chi connectivity index (χ3v) is 23.0. The molecule has 8 N–H and O–H groups in total.